The Balaban J connectivity index is 2.29. The lowest BCUT2D eigenvalue weighted by atomic mass is 9.98. The van der Waals surface area contributed by atoms with Gasteiger partial charge < -0.3 is 5.32 Å². The summed E-state index contributed by atoms with van der Waals surface area (Å²) in [4.78, 5) is 0. The van der Waals surface area contributed by atoms with Crippen molar-refractivity contribution < 1.29 is 4.39 Å². The van der Waals surface area contributed by atoms with E-state index in [1.807, 2.05) is 19.2 Å². The molecule has 0 fully saturated rings. The van der Waals surface area contributed by atoms with Gasteiger partial charge in [0.2, 0.25) is 0 Å². The summed E-state index contributed by atoms with van der Waals surface area (Å²) in [5.74, 6) is -0.209. The lowest BCUT2D eigenvalue weighted by molar-refractivity contribution is 0.613. The van der Waals surface area contributed by atoms with Crippen LogP contribution in [0, 0.1) is 5.82 Å². The fraction of sp³-hybridized carbons (Fsp3) is 0.385. The molecular formula is C13H15BrFN. The van der Waals surface area contributed by atoms with E-state index in [1.54, 1.807) is 0 Å². The van der Waals surface area contributed by atoms with Crippen LogP contribution in [0.15, 0.2) is 34.3 Å². The van der Waals surface area contributed by atoms with Crippen molar-refractivity contribution in [3.05, 3.63) is 45.7 Å². The number of benzene rings is 1. The lowest BCUT2D eigenvalue weighted by Crippen LogP contribution is -2.18. The van der Waals surface area contributed by atoms with Gasteiger partial charge >= 0.3 is 0 Å². The summed E-state index contributed by atoms with van der Waals surface area (Å²) in [7, 11) is 1.95. The smallest absolute Gasteiger partial charge is 0.137 e. The molecular weight excluding hydrogens is 269 g/mol. The van der Waals surface area contributed by atoms with Gasteiger partial charge in [-0.3, -0.25) is 0 Å². The number of hydrogen-bond acceptors (Lipinski definition) is 1. The van der Waals surface area contributed by atoms with E-state index < -0.39 is 0 Å². The molecule has 0 saturated carbocycles. The quantitative estimate of drug-likeness (QED) is 0.828. The monoisotopic (exact) mass is 283 g/mol. The molecule has 0 spiro atoms. The first-order valence-corrected chi connectivity index (χ1v) is 6.33. The summed E-state index contributed by atoms with van der Waals surface area (Å²) in [6.45, 7) is 0. The number of halogens is 2. The minimum atomic E-state index is -0.209. The second-order valence-electron chi connectivity index (χ2n) is 4.07. The van der Waals surface area contributed by atoms with Crippen LogP contribution in [0.5, 0.6) is 0 Å². The Kier molecular flexibility index (Phi) is 3.77. The lowest BCUT2D eigenvalue weighted by Gasteiger charge is -2.18. The van der Waals surface area contributed by atoms with Gasteiger partial charge in [-0.25, -0.2) is 4.39 Å². The van der Waals surface area contributed by atoms with Crippen LogP contribution in [0.1, 0.15) is 30.9 Å². The van der Waals surface area contributed by atoms with Crippen LogP contribution in [0.3, 0.4) is 0 Å². The van der Waals surface area contributed by atoms with Gasteiger partial charge in [0.25, 0.3) is 0 Å². The van der Waals surface area contributed by atoms with Crippen LogP contribution in [0.4, 0.5) is 4.39 Å². The molecule has 3 heteroatoms. The van der Waals surface area contributed by atoms with Crippen molar-refractivity contribution in [1.29, 1.82) is 0 Å². The number of allylic oxidation sites excluding steroid dienone is 1. The molecule has 1 aliphatic rings. The maximum atomic E-state index is 13.2. The Hall–Kier alpha value is -0.670. The van der Waals surface area contributed by atoms with E-state index in [4.69, 9.17) is 0 Å². The zero-order chi connectivity index (χ0) is 11.5. The van der Waals surface area contributed by atoms with Crippen molar-refractivity contribution >= 4 is 15.9 Å². The molecule has 0 heterocycles. The summed E-state index contributed by atoms with van der Waals surface area (Å²) in [6.07, 6.45) is 5.82. The molecule has 0 bridgehead atoms. The predicted molar refractivity (Wildman–Crippen MR) is 67.8 cm³/mol. The zero-order valence-corrected chi connectivity index (χ0v) is 10.8. The van der Waals surface area contributed by atoms with Crippen molar-refractivity contribution in [2.45, 2.75) is 25.3 Å². The summed E-state index contributed by atoms with van der Waals surface area (Å²) in [5, 5.41) is 3.30. The fourth-order valence-electron chi connectivity index (χ4n) is 2.22. The first-order chi connectivity index (χ1) is 7.72. The van der Waals surface area contributed by atoms with Crippen LogP contribution < -0.4 is 5.32 Å². The molecule has 1 aromatic rings. The van der Waals surface area contributed by atoms with Crippen molar-refractivity contribution in [2.75, 3.05) is 7.05 Å². The van der Waals surface area contributed by atoms with Crippen molar-refractivity contribution in [1.82, 2.24) is 5.32 Å². The molecule has 1 unspecified atom stereocenters. The Morgan fingerprint density at radius 1 is 1.44 bits per heavy atom. The highest BCUT2D eigenvalue weighted by Crippen LogP contribution is 2.31. The number of rotatable bonds is 3. The third-order valence-corrected chi connectivity index (χ3v) is 3.62. The molecule has 1 N–H and O–H groups in total. The number of hydrogen-bond donors (Lipinski definition) is 1. The molecule has 0 aliphatic heterocycles. The molecule has 2 rings (SSSR count). The van der Waals surface area contributed by atoms with Crippen molar-refractivity contribution in [3.63, 3.8) is 0 Å². The molecule has 0 aromatic heterocycles. The minimum Gasteiger partial charge on any atom is -0.310 e. The Morgan fingerprint density at radius 3 is 2.81 bits per heavy atom. The Morgan fingerprint density at radius 2 is 2.25 bits per heavy atom. The number of nitrogens with one attached hydrogen (secondary N) is 1. The second-order valence-corrected chi connectivity index (χ2v) is 4.92. The van der Waals surface area contributed by atoms with E-state index in [1.165, 1.54) is 18.1 Å². The summed E-state index contributed by atoms with van der Waals surface area (Å²) < 4.78 is 13.7. The second kappa shape index (κ2) is 5.11. The standard InChI is InChI=1S/C13H15BrFN/c1-16-13(9-4-2-3-5-9)10-6-7-12(15)11(14)8-10/h4,6-8,13,16H,2-3,5H2,1H3. The van der Waals surface area contributed by atoms with Gasteiger partial charge in [0.05, 0.1) is 10.5 Å². The van der Waals surface area contributed by atoms with Crippen LogP contribution in [-0.2, 0) is 0 Å². The highest BCUT2D eigenvalue weighted by molar-refractivity contribution is 9.10. The van der Waals surface area contributed by atoms with Gasteiger partial charge in [0.1, 0.15) is 5.82 Å². The summed E-state index contributed by atoms with van der Waals surface area (Å²) in [5.41, 5.74) is 2.53. The Labute approximate surface area is 104 Å². The van der Waals surface area contributed by atoms with Crippen LogP contribution in [-0.4, -0.2) is 7.05 Å². The van der Waals surface area contributed by atoms with E-state index in [0.29, 0.717) is 4.47 Å². The molecule has 86 valence electrons. The molecule has 16 heavy (non-hydrogen) atoms. The normalized spacial score (nSPS) is 17.3. The average Bonchev–Trinajstić information content (AvgIpc) is 2.78. The maximum absolute atomic E-state index is 13.2. The SMILES string of the molecule is CNC(C1=CCCC1)c1ccc(F)c(Br)c1. The van der Waals surface area contributed by atoms with Gasteiger partial charge in [-0.1, -0.05) is 17.7 Å². The van der Waals surface area contributed by atoms with Gasteiger partial charge in [0.15, 0.2) is 0 Å². The van der Waals surface area contributed by atoms with E-state index in [9.17, 15) is 4.39 Å². The van der Waals surface area contributed by atoms with Gasteiger partial charge in [-0.2, -0.15) is 0 Å². The van der Waals surface area contributed by atoms with E-state index in [2.05, 4.69) is 27.3 Å². The first kappa shape index (κ1) is 11.8. The highest BCUT2D eigenvalue weighted by atomic mass is 79.9. The van der Waals surface area contributed by atoms with Gasteiger partial charge in [-0.05, 0) is 59.9 Å². The minimum absolute atomic E-state index is 0.209. The predicted octanol–water partition coefficient (Wildman–Crippen LogP) is 3.96. The van der Waals surface area contributed by atoms with E-state index in [-0.39, 0.29) is 11.9 Å². The maximum Gasteiger partial charge on any atom is 0.137 e. The van der Waals surface area contributed by atoms with E-state index >= 15 is 0 Å². The summed E-state index contributed by atoms with van der Waals surface area (Å²) >= 11 is 3.23. The third kappa shape index (κ3) is 2.36. The zero-order valence-electron chi connectivity index (χ0n) is 9.26. The van der Waals surface area contributed by atoms with Crippen LogP contribution >= 0.6 is 15.9 Å². The first-order valence-electron chi connectivity index (χ1n) is 5.53. The van der Waals surface area contributed by atoms with E-state index in [0.717, 1.165) is 18.4 Å². The van der Waals surface area contributed by atoms with Crippen molar-refractivity contribution in [2.24, 2.45) is 0 Å². The molecule has 0 radical (unpaired) electrons. The molecule has 1 aromatic carbocycles. The molecule has 1 atom stereocenters. The van der Waals surface area contributed by atoms with Crippen LogP contribution in [0.2, 0.25) is 0 Å². The molecule has 1 nitrogen and oxygen atoms in total. The van der Waals surface area contributed by atoms with Gasteiger partial charge in [-0.15, -0.1) is 0 Å². The third-order valence-electron chi connectivity index (χ3n) is 3.01. The fourth-order valence-corrected chi connectivity index (χ4v) is 2.61. The highest BCUT2D eigenvalue weighted by Gasteiger charge is 2.17. The molecule has 1 aliphatic carbocycles. The average molecular weight is 284 g/mol. The largest absolute Gasteiger partial charge is 0.310 e. The van der Waals surface area contributed by atoms with Crippen molar-refractivity contribution in [3.8, 4) is 0 Å². The molecule has 0 saturated heterocycles. The topological polar surface area (TPSA) is 12.0 Å². The van der Waals surface area contributed by atoms with Gasteiger partial charge in [0, 0.05) is 0 Å². The van der Waals surface area contributed by atoms with Crippen LogP contribution in [0.25, 0.3) is 0 Å². The molecule has 0 amide bonds. The Bertz CT molecular complexity index is 414. The number of likely N-dealkylation sites (N-methyl/N-ethyl adjacent to an activating group) is 1. The summed E-state index contributed by atoms with van der Waals surface area (Å²) in [6, 6.07) is 5.44.